The van der Waals surface area contributed by atoms with Crippen LogP contribution in [0.1, 0.15) is 106 Å². The number of ether oxygens (including phenoxy) is 10. The summed E-state index contributed by atoms with van der Waals surface area (Å²) in [7, 11) is 0. The molecule has 0 unspecified atom stereocenters. The molecule has 0 amide bonds. The smallest absolute Gasteiger partial charge is 0.187 e. The fourth-order valence-electron chi connectivity index (χ4n) is 15.4. The first kappa shape index (κ1) is 53.3. The molecule has 0 aromatic carbocycles. The van der Waals surface area contributed by atoms with E-state index in [-0.39, 0.29) is 16.9 Å². The SMILES string of the molecule is C[C@H]1CC[C@]2(OC1)O[C@@H]1C[C@@H]3[C@H]4CC=C5C[C@H](O[C@H]6O[C@@H](CO)[C@H](O[C@H]7O[C@H](C)[C@@H](O[C@H]8O[C@H](C)[C@@H](O)[C@H](O)[C@@H]8O)[C@H](O)[C@@H]7O)[C@@H](O)[C@@H]6O[C@H]6O[C@H](C)[C@@H](O)[C@H](O)[C@@H]6O)CC[C@@]5(C)[C@@H]4CC[C@@]3(C)[C@@H]1[C@H]2C. The van der Waals surface area contributed by atoms with E-state index in [0.717, 1.165) is 51.6 Å². The van der Waals surface area contributed by atoms with Gasteiger partial charge in [-0.3, -0.25) is 0 Å². The molecule has 0 radical (unpaired) electrons. The topological polar surface area (TPSA) is 295 Å². The van der Waals surface area contributed by atoms with Crippen molar-refractivity contribution in [1.29, 1.82) is 0 Å². The van der Waals surface area contributed by atoms with Gasteiger partial charge in [0.05, 0.1) is 43.7 Å². The highest BCUT2D eigenvalue weighted by Crippen LogP contribution is 2.71. The molecule has 31 atom stereocenters. The van der Waals surface area contributed by atoms with Gasteiger partial charge in [-0.15, -0.1) is 0 Å². The molecule has 3 saturated carbocycles. The molecule has 20 nitrogen and oxygen atoms in total. The predicted molar refractivity (Wildman–Crippen MR) is 244 cm³/mol. The van der Waals surface area contributed by atoms with E-state index in [9.17, 15) is 51.1 Å². The number of aliphatic hydroxyl groups excluding tert-OH is 10. The quantitative estimate of drug-likeness (QED) is 0.137. The molecule has 0 bridgehead atoms. The minimum absolute atomic E-state index is 0.0569. The Morgan fingerprint density at radius 1 is 0.592 bits per heavy atom. The van der Waals surface area contributed by atoms with Gasteiger partial charge < -0.3 is 98.4 Å². The number of allylic oxidation sites excluding steroid dienone is 1. The van der Waals surface area contributed by atoms with Gasteiger partial charge in [0, 0.05) is 12.3 Å². The highest BCUT2D eigenvalue weighted by molar-refractivity contribution is 5.26. The Bertz CT molecular complexity index is 1890. The second kappa shape index (κ2) is 20.1. The summed E-state index contributed by atoms with van der Waals surface area (Å²) in [6, 6.07) is 0. The highest BCUT2D eigenvalue weighted by atomic mass is 16.8. The van der Waals surface area contributed by atoms with Gasteiger partial charge in [0.2, 0.25) is 0 Å². The van der Waals surface area contributed by atoms with Crippen molar-refractivity contribution in [3.8, 4) is 0 Å². The van der Waals surface area contributed by atoms with E-state index >= 15 is 0 Å². The predicted octanol–water partition coefficient (Wildman–Crippen LogP) is 0.0935. The van der Waals surface area contributed by atoms with Crippen molar-refractivity contribution < 1.29 is 98.4 Å². The van der Waals surface area contributed by atoms with Crippen LogP contribution in [0.2, 0.25) is 0 Å². The van der Waals surface area contributed by atoms with Crippen molar-refractivity contribution in [2.24, 2.45) is 46.3 Å². The van der Waals surface area contributed by atoms with Crippen LogP contribution in [0.4, 0.5) is 0 Å². The first-order valence-corrected chi connectivity index (χ1v) is 26.6. The molecular weight excluding hydrogens is 933 g/mol. The Hall–Kier alpha value is -1.06. The average molecular weight is 1020 g/mol. The van der Waals surface area contributed by atoms with Crippen LogP contribution < -0.4 is 0 Å². The first-order valence-electron chi connectivity index (χ1n) is 26.6. The Balaban J connectivity index is 0.836. The summed E-state index contributed by atoms with van der Waals surface area (Å²) in [6.07, 6.45) is -19.0. The van der Waals surface area contributed by atoms with Crippen molar-refractivity contribution in [3.05, 3.63) is 11.6 Å². The molecule has 10 rings (SSSR count). The summed E-state index contributed by atoms with van der Waals surface area (Å²) < 4.78 is 62.2. The summed E-state index contributed by atoms with van der Waals surface area (Å²) >= 11 is 0. The maximum Gasteiger partial charge on any atom is 0.187 e. The third-order valence-corrected chi connectivity index (χ3v) is 19.7. The summed E-state index contributed by atoms with van der Waals surface area (Å²) in [6.45, 7) is 14.1. The van der Waals surface area contributed by atoms with Crippen LogP contribution in [0.25, 0.3) is 0 Å². The summed E-state index contributed by atoms with van der Waals surface area (Å²) in [5, 5.41) is 109. The lowest BCUT2D eigenvalue weighted by Crippen LogP contribution is -2.67. The molecule has 20 heteroatoms. The van der Waals surface area contributed by atoms with Crippen LogP contribution in [0.15, 0.2) is 11.6 Å². The Morgan fingerprint density at radius 2 is 1.20 bits per heavy atom. The summed E-state index contributed by atoms with van der Waals surface area (Å²) in [5.74, 6) is 2.46. The second-order valence-electron chi connectivity index (χ2n) is 23.8. The third kappa shape index (κ3) is 9.03. The molecule has 6 aliphatic heterocycles. The van der Waals surface area contributed by atoms with E-state index < -0.39 is 141 Å². The fraction of sp³-hybridized carbons (Fsp3) is 0.961. The van der Waals surface area contributed by atoms with Gasteiger partial charge >= 0.3 is 0 Å². The van der Waals surface area contributed by atoms with Gasteiger partial charge in [-0.25, -0.2) is 0 Å². The van der Waals surface area contributed by atoms with E-state index in [1.54, 1.807) is 0 Å². The largest absolute Gasteiger partial charge is 0.394 e. The van der Waals surface area contributed by atoms with Gasteiger partial charge in [-0.1, -0.05) is 39.3 Å². The normalized spacial score (nSPS) is 58.4. The van der Waals surface area contributed by atoms with Crippen molar-refractivity contribution in [3.63, 3.8) is 0 Å². The van der Waals surface area contributed by atoms with Crippen molar-refractivity contribution >= 4 is 0 Å². The van der Waals surface area contributed by atoms with Gasteiger partial charge in [-0.05, 0) is 113 Å². The fourth-order valence-corrected chi connectivity index (χ4v) is 15.4. The number of rotatable bonds is 9. The second-order valence-corrected chi connectivity index (χ2v) is 23.8. The first-order chi connectivity index (χ1) is 33.6. The molecule has 0 aromatic heterocycles. The molecule has 10 aliphatic rings. The summed E-state index contributed by atoms with van der Waals surface area (Å²) in [4.78, 5) is 0. The molecule has 1 spiro atoms. The molecule has 4 aliphatic carbocycles. The third-order valence-electron chi connectivity index (χ3n) is 19.7. The number of hydrogen-bond donors (Lipinski definition) is 10. The molecule has 71 heavy (non-hydrogen) atoms. The monoisotopic (exact) mass is 1010 g/mol. The van der Waals surface area contributed by atoms with E-state index in [4.69, 9.17) is 47.4 Å². The Labute approximate surface area is 415 Å². The van der Waals surface area contributed by atoms with Crippen molar-refractivity contribution in [1.82, 2.24) is 0 Å². The van der Waals surface area contributed by atoms with Crippen LogP contribution in [0, 0.1) is 46.3 Å². The zero-order chi connectivity index (χ0) is 50.8. The molecule has 6 saturated heterocycles. The van der Waals surface area contributed by atoms with E-state index in [1.165, 1.54) is 26.3 Å². The lowest BCUT2D eigenvalue weighted by atomic mass is 9.47. The Morgan fingerprint density at radius 3 is 1.82 bits per heavy atom. The molecule has 0 aromatic rings. The van der Waals surface area contributed by atoms with Crippen LogP contribution >= 0.6 is 0 Å². The van der Waals surface area contributed by atoms with E-state index in [0.29, 0.717) is 48.3 Å². The Kier molecular flexibility index (Phi) is 15.1. The van der Waals surface area contributed by atoms with Gasteiger partial charge in [0.25, 0.3) is 0 Å². The number of hydrogen-bond acceptors (Lipinski definition) is 20. The molecule has 10 N–H and O–H groups in total. The number of fused-ring (bicyclic) bond motifs is 7. The van der Waals surface area contributed by atoms with Crippen LogP contribution in [-0.4, -0.2) is 205 Å². The van der Waals surface area contributed by atoms with E-state index in [2.05, 4.69) is 33.8 Å². The average Bonchev–Trinajstić information content (AvgIpc) is 3.79. The van der Waals surface area contributed by atoms with Crippen LogP contribution in [0.5, 0.6) is 0 Å². The molecular formula is C51H82O20. The van der Waals surface area contributed by atoms with Crippen LogP contribution in [0.3, 0.4) is 0 Å². The van der Waals surface area contributed by atoms with Crippen LogP contribution in [-0.2, 0) is 47.4 Å². The molecule has 9 fully saturated rings. The summed E-state index contributed by atoms with van der Waals surface area (Å²) in [5.41, 5.74) is 1.44. The highest BCUT2D eigenvalue weighted by Gasteiger charge is 2.69. The van der Waals surface area contributed by atoms with E-state index in [1.807, 2.05) is 0 Å². The minimum atomic E-state index is -1.85. The van der Waals surface area contributed by atoms with Gasteiger partial charge in [0.1, 0.15) is 79.4 Å². The van der Waals surface area contributed by atoms with Crippen molar-refractivity contribution in [2.45, 2.75) is 247 Å². The van der Waals surface area contributed by atoms with Crippen molar-refractivity contribution in [2.75, 3.05) is 13.2 Å². The lowest BCUT2D eigenvalue weighted by Gasteiger charge is -2.59. The van der Waals surface area contributed by atoms with Gasteiger partial charge in [-0.2, -0.15) is 0 Å². The zero-order valence-electron chi connectivity index (χ0n) is 42.1. The maximum absolute atomic E-state index is 12.2. The maximum atomic E-state index is 12.2. The lowest BCUT2D eigenvalue weighted by molar-refractivity contribution is -0.394. The molecule has 6 heterocycles. The number of aliphatic hydroxyl groups is 10. The zero-order valence-corrected chi connectivity index (χ0v) is 42.1. The standard InChI is InChI=1S/C51H82O20/c1-20-10-15-51(62-19-20)21(2)32-30(71-51)17-29-27-9-8-25-16-26(11-13-49(25,6)28(27)12-14-50(29,32)7)66-48-44(70-46-39(59)36(56)34(54)23(4)64-46)41(61)43(31(18-52)67-48)69-47-40(60)37(57)42(24(5)65-47)68-45-38(58)35(55)33(53)22(3)63-45/h8,20-24,26-48,52-61H,9-19H2,1-7H3/t20-,21+,22+,23+,24+,26+,27-,28+,29+,30+,31-,32+,33+,34+,35-,36-,37+,38-,39-,40-,41+,42+,43-,44-,45+,46+,47+,48-,49+,50+,51-/m0/s1. The minimum Gasteiger partial charge on any atom is -0.394 e. The molecule has 406 valence electrons. The van der Waals surface area contributed by atoms with Gasteiger partial charge in [0.15, 0.2) is 30.9 Å².